The zero-order valence-corrected chi connectivity index (χ0v) is 26.8. The summed E-state index contributed by atoms with van der Waals surface area (Å²) in [5.74, 6) is 0. The number of aryl methyl sites for hydroxylation is 1. The number of hydrogen-bond donors (Lipinski definition) is 1. The molecule has 1 nitrogen and oxygen atoms in total. The van der Waals surface area contributed by atoms with Crippen LogP contribution in [0.2, 0.25) is 0 Å². The minimum atomic E-state index is 1.08. The van der Waals surface area contributed by atoms with Gasteiger partial charge in [-0.25, -0.2) is 0 Å². The Hall–Kier alpha value is -5.14. The molecule has 1 N–H and O–H groups in total. The largest absolute Gasteiger partial charge is 0.362 e. The summed E-state index contributed by atoms with van der Waals surface area (Å²) in [7, 11) is 0. The molecule has 5 aromatic carbocycles. The minimum absolute atomic E-state index is 1.08. The lowest BCUT2D eigenvalue weighted by Crippen LogP contribution is -2.00. The average Bonchev–Trinajstić information content (AvgIpc) is 3.09. The van der Waals surface area contributed by atoms with Crippen molar-refractivity contribution in [2.24, 2.45) is 0 Å². The first-order chi connectivity index (χ1) is 21.7. The monoisotopic (exact) mass is 575 g/mol. The van der Waals surface area contributed by atoms with Gasteiger partial charge in [-0.2, -0.15) is 0 Å². The lowest BCUT2D eigenvalue weighted by molar-refractivity contribution is 1.10. The fraction of sp³-hybridized carbons (Fsp3) is 0.116. The highest BCUT2D eigenvalue weighted by Gasteiger charge is 2.16. The molecule has 0 saturated carbocycles. The number of nitrogens with one attached hydrogen (secondary N) is 1. The third kappa shape index (κ3) is 8.24. The maximum absolute atomic E-state index is 3.26. The van der Waals surface area contributed by atoms with Gasteiger partial charge >= 0.3 is 0 Å². The van der Waals surface area contributed by atoms with Gasteiger partial charge in [-0.05, 0) is 82.3 Å². The van der Waals surface area contributed by atoms with Crippen LogP contribution in [0.4, 0.5) is 0 Å². The van der Waals surface area contributed by atoms with Gasteiger partial charge in [0.15, 0.2) is 0 Å². The van der Waals surface area contributed by atoms with E-state index in [4.69, 9.17) is 0 Å². The maximum Gasteiger partial charge on any atom is 0.0333 e. The summed E-state index contributed by atoms with van der Waals surface area (Å²) in [5.41, 5.74) is 8.59. The van der Waals surface area contributed by atoms with Crippen molar-refractivity contribution < 1.29 is 0 Å². The molecular formula is C43H45N. The van der Waals surface area contributed by atoms with Gasteiger partial charge < -0.3 is 5.32 Å². The predicted molar refractivity (Wildman–Crippen MR) is 199 cm³/mol. The van der Waals surface area contributed by atoms with E-state index >= 15 is 0 Å². The second-order valence-corrected chi connectivity index (χ2v) is 9.82. The predicted octanol–water partition coefficient (Wildman–Crippen LogP) is 12.6. The van der Waals surface area contributed by atoms with Crippen molar-refractivity contribution in [2.75, 3.05) is 0 Å². The first kappa shape index (κ1) is 33.4. The third-order valence-electron chi connectivity index (χ3n) is 7.10. The van der Waals surface area contributed by atoms with Crippen LogP contribution in [0.15, 0.2) is 165 Å². The van der Waals surface area contributed by atoms with Crippen molar-refractivity contribution in [3.63, 3.8) is 0 Å². The Labute approximate surface area is 265 Å². The first-order valence-electron chi connectivity index (χ1n) is 15.4. The summed E-state index contributed by atoms with van der Waals surface area (Å²) in [6, 6.07) is 35.4. The van der Waals surface area contributed by atoms with Crippen molar-refractivity contribution >= 4 is 27.6 Å². The summed E-state index contributed by atoms with van der Waals surface area (Å²) < 4.78 is 0. The van der Waals surface area contributed by atoms with Crippen LogP contribution in [0.5, 0.6) is 0 Å². The van der Waals surface area contributed by atoms with Gasteiger partial charge in [0.25, 0.3) is 0 Å². The molecule has 0 heterocycles. The lowest BCUT2D eigenvalue weighted by Gasteiger charge is -2.18. The smallest absolute Gasteiger partial charge is 0.0333 e. The molecule has 0 radical (unpaired) electrons. The van der Waals surface area contributed by atoms with Crippen LogP contribution in [0.3, 0.4) is 0 Å². The van der Waals surface area contributed by atoms with Crippen molar-refractivity contribution in [3.05, 3.63) is 176 Å². The molecular weight excluding hydrogens is 530 g/mol. The van der Waals surface area contributed by atoms with E-state index in [9.17, 15) is 0 Å². The lowest BCUT2D eigenvalue weighted by atomic mass is 9.86. The molecule has 0 atom stereocenters. The fourth-order valence-electron chi connectivity index (χ4n) is 5.13. The van der Waals surface area contributed by atoms with Crippen molar-refractivity contribution in [2.45, 2.75) is 34.6 Å². The van der Waals surface area contributed by atoms with Crippen LogP contribution in [0.1, 0.15) is 38.8 Å². The zero-order valence-electron chi connectivity index (χ0n) is 26.8. The molecule has 0 spiro atoms. The molecule has 1 heteroatoms. The molecule has 0 bridgehead atoms. The highest BCUT2D eigenvalue weighted by molar-refractivity contribution is 6.21. The Bertz CT molecular complexity index is 1720. The first-order valence-corrected chi connectivity index (χ1v) is 15.4. The fourth-order valence-corrected chi connectivity index (χ4v) is 5.13. The maximum atomic E-state index is 3.26. The Morgan fingerprint density at radius 2 is 1.05 bits per heavy atom. The summed E-state index contributed by atoms with van der Waals surface area (Å²) in [5, 5.41) is 8.38. The van der Waals surface area contributed by atoms with E-state index in [0.717, 1.165) is 5.70 Å². The molecule has 0 fully saturated rings. The highest BCUT2D eigenvalue weighted by Crippen LogP contribution is 2.43. The van der Waals surface area contributed by atoms with Crippen LogP contribution in [-0.4, -0.2) is 0 Å². The molecule has 5 aromatic rings. The van der Waals surface area contributed by atoms with E-state index in [-0.39, 0.29) is 0 Å². The topological polar surface area (TPSA) is 12.0 Å². The van der Waals surface area contributed by atoms with Crippen LogP contribution in [-0.2, 0) is 0 Å². The van der Waals surface area contributed by atoms with Crippen LogP contribution in [0, 0.1) is 6.92 Å². The number of allylic oxidation sites excluding steroid dienone is 7. The molecule has 0 unspecified atom stereocenters. The molecule has 44 heavy (non-hydrogen) atoms. The van der Waals surface area contributed by atoms with E-state index in [1.165, 1.54) is 54.9 Å². The Morgan fingerprint density at radius 1 is 0.591 bits per heavy atom. The van der Waals surface area contributed by atoms with Crippen LogP contribution < -0.4 is 5.32 Å². The molecule has 0 aromatic heterocycles. The summed E-state index contributed by atoms with van der Waals surface area (Å²) >= 11 is 0. The standard InChI is InChI=1S/C39H35N.C2H6.C2H4/c1-4-14-33(5-2)40-28-13-7-6-8-15-30-22-26-32(27-23-30)39-36-18-11-9-16-34(36)38(31-24-20-29(3)21-25-31)35-17-10-12-19-37(35)39;2*1-2/h4-28,40H,1-3H3;1-2H3;1-2H2/b7-6-,14-4-,15-8-,28-13+,33-5+;;. The van der Waals surface area contributed by atoms with Gasteiger partial charge in [-0.1, -0.05) is 153 Å². The van der Waals surface area contributed by atoms with Gasteiger partial charge in [0.05, 0.1) is 0 Å². The number of hydrogen-bond acceptors (Lipinski definition) is 1. The third-order valence-corrected chi connectivity index (χ3v) is 7.10. The van der Waals surface area contributed by atoms with E-state index < -0.39 is 0 Å². The Morgan fingerprint density at radius 3 is 1.50 bits per heavy atom. The molecule has 5 rings (SSSR count). The van der Waals surface area contributed by atoms with Gasteiger partial charge in [0.2, 0.25) is 0 Å². The normalized spacial score (nSPS) is 11.7. The molecule has 0 aliphatic heterocycles. The van der Waals surface area contributed by atoms with Gasteiger partial charge in [0, 0.05) is 11.9 Å². The van der Waals surface area contributed by atoms with Gasteiger partial charge in [-0.15, -0.1) is 13.2 Å². The highest BCUT2D eigenvalue weighted by atomic mass is 14.8. The number of benzene rings is 5. The minimum Gasteiger partial charge on any atom is -0.362 e. The molecule has 0 aliphatic rings. The molecule has 0 amide bonds. The quantitative estimate of drug-likeness (QED) is 0.110. The zero-order chi connectivity index (χ0) is 31.7. The summed E-state index contributed by atoms with van der Waals surface area (Å²) in [4.78, 5) is 0. The van der Waals surface area contributed by atoms with Crippen molar-refractivity contribution in [1.82, 2.24) is 5.32 Å². The Balaban J connectivity index is 0.00000127. The second kappa shape index (κ2) is 17.7. The van der Waals surface area contributed by atoms with Gasteiger partial charge in [0.1, 0.15) is 0 Å². The average molecular weight is 576 g/mol. The molecule has 0 aliphatic carbocycles. The molecule has 222 valence electrons. The molecule has 0 saturated heterocycles. The second-order valence-electron chi connectivity index (χ2n) is 9.82. The van der Waals surface area contributed by atoms with Gasteiger partial charge in [-0.3, -0.25) is 0 Å². The van der Waals surface area contributed by atoms with E-state index in [2.05, 4.69) is 135 Å². The van der Waals surface area contributed by atoms with Crippen molar-refractivity contribution in [1.29, 1.82) is 0 Å². The van der Waals surface area contributed by atoms with E-state index in [1.807, 2.05) is 70.4 Å². The van der Waals surface area contributed by atoms with Crippen LogP contribution in [0.25, 0.3) is 49.9 Å². The van der Waals surface area contributed by atoms with E-state index in [1.54, 1.807) is 0 Å². The summed E-state index contributed by atoms with van der Waals surface area (Å²) in [6.45, 7) is 16.2. The Kier molecular flexibility index (Phi) is 13.4. The van der Waals surface area contributed by atoms with Crippen LogP contribution >= 0.6 is 0 Å². The SMILES string of the molecule is C/C=C\C(=C/C)N/C=C/C=C\C=C/c1ccc(-c2c3ccccc3c(-c3ccc(C)cc3)c3ccccc23)cc1.C=C.CC. The van der Waals surface area contributed by atoms with Crippen molar-refractivity contribution in [3.8, 4) is 22.3 Å². The summed E-state index contributed by atoms with van der Waals surface area (Å²) in [6.07, 6.45) is 18.3. The van der Waals surface area contributed by atoms with E-state index in [0.29, 0.717) is 0 Å². The number of rotatable bonds is 8. The number of fused-ring (bicyclic) bond motifs is 2.